The Morgan fingerprint density at radius 1 is 1.65 bits per heavy atom. The average Bonchev–Trinajstić information content (AvgIpc) is 2.65. The van der Waals surface area contributed by atoms with Gasteiger partial charge >= 0.3 is 5.69 Å². The van der Waals surface area contributed by atoms with Crippen LogP contribution in [0.15, 0.2) is 17.1 Å². The number of aliphatic hydroxyl groups excluding tert-OH is 2. The van der Waals surface area contributed by atoms with Crippen LogP contribution in [0.4, 0.5) is 10.2 Å². The third-order valence-corrected chi connectivity index (χ3v) is 3.54. The quantitative estimate of drug-likeness (QED) is 0.694. The zero-order valence-corrected chi connectivity index (χ0v) is 11.1. The van der Waals surface area contributed by atoms with Crippen LogP contribution in [-0.2, 0) is 4.74 Å². The molecular weight excluding hydrogens is 269 g/mol. The van der Waals surface area contributed by atoms with Crippen molar-refractivity contribution >= 4 is 5.82 Å². The number of alkyl halides is 1. The Morgan fingerprint density at radius 3 is 2.90 bits per heavy atom. The largest absolute Gasteiger partial charge is 0.393 e. The molecular formula is C12H18FN3O4. The topological polar surface area (TPSA) is 111 Å². The van der Waals surface area contributed by atoms with E-state index in [1.807, 2.05) is 6.92 Å². The third-order valence-electron chi connectivity index (χ3n) is 3.54. The fraction of sp³-hybridized carbons (Fsp3) is 0.667. The summed E-state index contributed by atoms with van der Waals surface area (Å²) in [6, 6.07) is 1.34. The fourth-order valence-corrected chi connectivity index (χ4v) is 2.49. The van der Waals surface area contributed by atoms with Gasteiger partial charge in [0.1, 0.15) is 17.5 Å². The Hall–Kier alpha value is -1.51. The van der Waals surface area contributed by atoms with Crippen LogP contribution in [0.2, 0.25) is 0 Å². The second-order valence-electron chi connectivity index (χ2n) is 4.91. The first-order valence-corrected chi connectivity index (χ1v) is 6.40. The predicted octanol–water partition coefficient (Wildman–Crippen LogP) is -0.416. The number of aliphatic hydroxyl groups is 2. The van der Waals surface area contributed by atoms with Gasteiger partial charge in [0.15, 0.2) is 12.4 Å². The van der Waals surface area contributed by atoms with Crippen LogP contribution in [0, 0.1) is 0 Å². The lowest BCUT2D eigenvalue weighted by molar-refractivity contribution is -0.133. The molecule has 112 valence electrons. The summed E-state index contributed by atoms with van der Waals surface area (Å²) in [4.78, 5) is 15.2. The molecule has 7 nitrogen and oxygen atoms in total. The molecule has 0 aromatic carbocycles. The van der Waals surface area contributed by atoms with E-state index in [4.69, 9.17) is 10.5 Å². The average molecular weight is 287 g/mol. The first-order chi connectivity index (χ1) is 9.45. The molecule has 8 heteroatoms. The van der Waals surface area contributed by atoms with E-state index in [-0.39, 0.29) is 12.2 Å². The molecule has 1 aromatic heterocycles. The first-order valence-electron chi connectivity index (χ1n) is 6.40. The molecule has 1 aromatic rings. The number of nitrogen functional groups attached to an aromatic ring is 1. The minimum absolute atomic E-state index is 0.0159. The van der Waals surface area contributed by atoms with Crippen molar-refractivity contribution in [3.8, 4) is 0 Å². The van der Waals surface area contributed by atoms with Gasteiger partial charge in [0, 0.05) is 6.20 Å². The predicted molar refractivity (Wildman–Crippen MR) is 68.7 cm³/mol. The summed E-state index contributed by atoms with van der Waals surface area (Å²) >= 11 is 0. The molecule has 20 heavy (non-hydrogen) atoms. The molecule has 0 aliphatic carbocycles. The SMILES string of the molecule is CCCC1(CO)OC(n2ccc(N)nc2=O)C(F)C1O. The summed E-state index contributed by atoms with van der Waals surface area (Å²) in [7, 11) is 0. The molecule has 0 bridgehead atoms. The smallest absolute Gasteiger partial charge is 0.351 e. The molecule has 0 amide bonds. The van der Waals surface area contributed by atoms with Crippen LogP contribution in [0.1, 0.15) is 26.0 Å². The number of nitrogens with two attached hydrogens (primary N) is 1. The molecule has 1 aliphatic heterocycles. The molecule has 4 N–H and O–H groups in total. The number of ether oxygens (including phenoxy) is 1. The molecule has 1 saturated heterocycles. The van der Waals surface area contributed by atoms with Crippen LogP contribution in [-0.4, -0.2) is 44.2 Å². The Balaban J connectivity index is 2.37. The van der Waals surface area contributed by atoms with Gasteiger partial charge in [0.25, 0.3) is 0 Å². The summed E-state index contributed by atoms with van der Waals surface area (Å²) in [6.07, 6.45) is -2.55. The minimum atomic E-state index is -1.84. The highest BCUT2D eigenvalue weighted by Gasteiger charge is 2.55. The van der Waals surface area contributed by atoms with Gasteiger partial charge in [-0.1, -0.05) is 13.3 Å². The number of halogens is 1. The van der Waals surface area contributed by atoms with Gasteiger partial charge in [0.05, 0.1) is 6.61 Å². The van der Waals surface area contributed by atoms with Crippen molar-refractivity contribution in [2.24, 2.45) is 0 Å². The van der Waals surface area contributed by atoms with Crippen molar-refractivity contribution in [1.82, 2.24) is 9.55 Å². The summed E-state index contributed by atoms with van der Waals surface area (Å²) < 4.78 is 20.7. The number of aromatic nitrogens is 2. The van der Waals surface area contributed by atoms with Crippen LogP contribution in [0.3, 0.4) is 0 Å². The van der Waals surface area contributed by atoms with E-state index in [9.17, 15) is 19.4 Å². The molecule has 0 saturated carbocycles. The lowest BCUT2D eigenvalue weighted by Crippen LogP contribution is -2.45. The van der Waals surface area contributed by atoms with Gasteiger partial charge in [-0.3, -0.25) is 4.57 Å². The summed E-state index contributed by atoms with van der Waals surface area (Å²) in [5.41, 5.74) is 3.20. The highest BCUT2D eigenvalue weighted by molar-refractivity contribution is 5.23. The minimum Gasteiger partial charge on any atom is -0.393 e. The normalized spacial score (nSPS) is 33.5. The summed E-state index contributed by atoms with van der Waals surface area (Å²) in [5.74, 6) is 0.0159. The van der Waals surface area contributed by atoms with Crippen molar-refractivity contribution in [3.05, 3.63) is 22.7 Å². The van der Waals surface area contributed by atoms with E-state index in [1.165, 1.54) is 12.3 Å². The van der Waals surface area contributed by atoms with Gasteiger partial charge < -0.3 is 20.7 Å². The van der Waals surface area contributed by atoms with Gasteiger partial charge in [-0.15, -0.1) is 0 Å². The van der Waals surface area contributed by atoms with E-state index in [1.54, 1.807) is 0 Å². The molecule has 4 atom stereocenters. The van der Waals surface area contributed by atoms with E-state index in [2.05, 4.69) is 4.98 Å². The number of rotatable bonds is 4. The maximum atomic E-state index is 14.2. The zero-order valence-electron chi connectivity index (χ0n) is 11.1. The van der Waals surface area contributed by atoms with Gasteiger partial charge in [-0.25, -0.2) is 9.18 Å². The Bertz CT molecular complexity index is 538. The second kappa shape index (κ2) is 5.47. The number of hydrogen-bond donors (Lipinski definition) is 3. The standard InChI is InChI=1S/C12H18FN3O4/c1-2-4-12(6-17)9(18)8(13)10(20-12)16-5-3-7(14)15-11(16)19/h3,5,8-10,17-18H,2,4,6H2,1H3,(H2,14,15,19). The van der Waals surface area contributed by atoms with Crippen LogP contribution in [0.5, 0.6) is 0 Å². The summed E-state index contributed by atoms with van der Waals surface area (Å²) in [6.45, 7) is 1.29. The van der Waals surface area contributed by atoms with Gasteiger partial charge in [0.2, 0.25) is 0 Å². The fourth-order valence-electron chi connectivity index (χ4n) is 2.49. The highest BCUT2D eigenvalue weighted by atomic mass is 19.1. The van der Waals surface area contributed by atoms with E-state index in [0.29, 0.717) is 6.42 Å². The van der Waals surface area contributed by atoms with Crippen LogP contribution >= 0.6 is 0 Å². The van der Waals surface area contributed by atoms with Gasteiger partial charge in [-0.05, 0) is 12.5 Å². The number of anilines is 1. The van der Waals surface area contributed by atoms with E-state index < -0.39 is 36.4 Å². The molecule has 2 heterocycles. The molecule has 0 spiro atoms. The van der Waals surface area contributed by atoms with Crippen molar-refractivity contribution < 1.29 is 19.3 Å². The molecule has 1 fully saturated rings. The summed E-state index contributed by atoms with van der Waals surface area (Å²) in [5, 5.41) is 19.4. The maximum Gasteiger partial charge on any atom is 0.351 e. The lowest BCUT2D eigenvalue weighted by atomic mass is 9.92. The van der Waals surface area contributed by atoms with Crippen molar-refractivity contribution in [1.29, 1.82) is 0 Å². The number of nitrogens with zero attached hydrogens (tertiary/aromatic N) is 2. The first kappa shape index (κ1) is 14.9. The molecule has 4 unspecified atom stereocenters. The Kier molecular flexibility index (Phi) is 4.07. The van der Waals surface area contributed by atoms with Crippen molar-refractivity contribution in [3.63, 3.8) is 0 Å². The van der Waals surface area contributed by atoms with Crippen LogP contribution < -0.4 is 11.4 Å². The Morgan fingerprint density at radius 2 is 2.35 bits per heavy atom. The van der Waals surface area contributed by atoms with Gasteiger partial charge in [-0.2, -0.15) is 4.98 Å². The second-order valence-corrected chi connectivity index (χ2v) is 4.91. The highest BCUT2D eigenvalue weighted by Crippen LogP contribution is 2.40. The van der Waals surface area contributed by atoms with E-state index in [0.717, 1.165) is 4.57 Å². The Labute approximate surface area is 114 Å². The number of hydrogen-bond acceptors (Lipinski definition) is 6. The van der Waals surface area contributed by atoms with Crippen LogP contribution in [0.25, 0.3) is 0 Å². The third kappa shape index (κ3) is 2.30. The zero-order chi connectivity index (χ0) is 14.9. The van der Waals surface area contributed by atoms with Crippen molar-refractivity contribution in [2.75, 3.05) is 12.3 Å². The molecule has 1 aliphatic rings. The molecule has 2 rings (SSSR count). The maximum absolute atomic E-state index is 14.2. The lowest BCUT2D eigenvalue weighted by Gasteiger charge is -2.29. The monoisotopic (exact) mass is 287 g/mol. The molecule has 0 radical (unpaired) electrons. The van der Waals surface area contributed by atoms with E-state index >= 15 is 0 Å². The van der Waals surface area contributed by atoms with Crippen molar-refractivity contribution in [2.45, 2.75) is 43.9 Å².